The number of aryl methyl sites for hydroxylation is 2. The lowest BCUT2D eigenvalue weighted by atomic mass is 10.0. The van der Waals surface area contributed by atoms with Crippen LogP contribution in [-0.4, -0.2) is 106 Å². The molecule has 0 bridgehead atoms. The van der Waals surface area contributed by atoms with Crippen LogP contribution in [0.25, 0.3) is 21.5 Å². The van der Waals surface area contributed by atoms with Crippen LogP contribution in [0.1, 0.15) is 150 Å². The van der Waals surface area contributed by atoms with Gasteiger partial charge in [0, 0.05) is 56.4 Å². The molecule has 0 amide bonds. The number of unbranched alkanes of at least 4 members (excludes halogenated alkanes) is 8. The first-order chi connectivity index (χ1) is 44.1. The van der Waals surface area contributed by atoms with Crippen LogP contribution in [0.3, 0.4) is 0 Å². The number of nitrogens with one attached hydrogen (secondary N) is 1. The molecule has 16 heteroatoms. The van der Waals surface area contributed by atoms with Crippen LogP contribution >= 0.6 is 0 Å². The van der Waals surface area contributed by atoms with E-state index in [0.717, 1.165) is 124 Å². The molecule has 8 aromatic carbocycles. The Hall–Kier alpha value is -8.03. The number of rotatable bonds is 33. The standard InChI is InChI=1S/C28H40NO4.C25H37NO4.2C11H8O3/c1-28(2)32-22-25-20-24(15-16-27(25)33-28)26(30)21-29-17-9-3-4-10-18-31-19-11-8-14-23-12-6-5-7-13-23;27-20-23-18-22(13-14-24(23)28)25(29)19-26-15-7-1-2-8-16-30-17-9-6-12-21-10-4-3-5-11-21;2*12-10-8-4-2-1-3-7(8)5-6-9(10)11(13)14/h5-7,12-13,15-16,20,26,29-30H,1,3-4,8-11,14,17-19,21-22H2,2H3;3-5,10-11,13-14,18,25-29H,1-2,6-9,12,15-17,19-20H2;2*1-6,12H,(H,13,14)/q+1;;;. The average molecular weight is 1250 g/mol. The molecule has 8 aromatic rings. The Morgan fingerprint density at radius 3 is 1.73 bits per heavy atom. The van der Waals surface area contributed by atoms with Crippen molar-refractivity contribution >= 4 is 33.5 Å². The molecule has 0 aromatic heterocycles. The van der Waals surface area contributed by atoms with Gasteiger partial charge in [-0.2, -0.15) is 0 Å². The molecule has 9 rings (SSSR count). The smallest absolute Gasteiger partial charge is 0.352 e. The highest BCUT2D eigenvalue weighted by Gasteiger charge is 2.34. The number of nitrogens with two attached hydrogens (primary N) is 1. The summed E-state index contributed by atoms with van der Waals surface area (Å²) in [5.41, 5.74) is 5.58. The third-order valence-electron chi connectivity index (χ3n) is 15.5. The molecule has 0 spiro atoms. The lowest BCUT2D eigenvalue weighted by Gasteiger charge is -2.27. The zero-order valence-corrected chi connectivity index (χ0v) is 52.6. The molecule has 1 aliphatic heterocycles. The molecule has 3 atom stereocenters. The molecule has 1 aliphatic rings. The van der Waals surface area contributed by atoms with Gasteiger partial charge in [-0.3, -0.25) is 4.74 Å². The Kier molecular flexibility index (Phi) is 31.6. The van der Waals surface area contributed by atoms with Crippen LogP contribution in [0.4, 0.5) is 0 Å². The second kappa shape index (κ2) is 40.0. The molecule has 486 valence electrons. The van der Waals surface area contributed by atoms with Crippen molar-refractivity contribution < 1.29 is 74.7 Å². The quantitative estimate of drug-likeness (QED) is 0.0137. The number of carboxylic acid groups (broad SMARTS) is 2. The van der Waals surface area contributed by atoms with Gasteiger partial charge in [0.15, 0.2) is 0 Å². The topological polar surface area (TPSA) is 264 Å². The summed E-state index contributed by atoms with van der Waals surface area (Å²) in [4.78, 5) is 21.4. The Bertz CT molecular complexity index is 3300. The van der Waals surface area contributed by atoms with E-state index in [2.05, 4.69) is 78.2 Å². The van der Waals surface area contributed by atoms with E-state index in [1.165, 1.54) is 67.9 Å². The second-order valence-electron chi connectivity index (χ2n) is 22.9. The van der Waals surface area contributed by atoms with Gasteiger partial charge in [-0.15, -0.1) is 0 Å². The van der Waals surface area contributed by atoms with Crippen LogP contribution in [-0.2, 0) is 40.3 Å². The Morgan fingerprint density at radius 1 is 0.604 bits per heavy atom. The first kappa shape index (κ1) is 72.0. The van der Waals surface area contributed by atoms with Gasteiger partial charge in [-0.25, -0.2) is 9.59 Å². The molecule has 0 aliphatic carbocycles. The lowest BCUT2D eigenvalue weighted by Crippen LogP contribution is -2.85. The zero-order valence-electron chi connectivity index (χ0n) is 52.6. The van der Waals surface area contributed by atoms with E-state index >= 15 is 0 Å². The maximum Gasteiger partial charge on any atom is 0.352 e. The van der Waals surface area contributed by atoms with Crippen molar-refractivity contribution in [2.75, 3.05) is 52.6 Å². The lowest BCUT2D eigenvalue weighted by molar-refractivity contribution is -0.662. The van der Waals surface area contributed by atoms with E-state index in [-0.39, 0.29) is 29.2 Å². The first-order valence-electron chi connectivity index (χ1n) is 31.9. The molecule has 0 saturated heterocycles. The zero-order chi connectivity index (χ0) is 65.1. The highest BCUT2D eigenvalue weighted by Crippen LogP contribution is 2.33. The summed E-state index contributed by atoms with van der Waals surface area (Å²) in [6.07, 6.45) is 14.9. The van der Waals surface area contributed by atoms with Crippen molar-refractivity contribution in [1.29, 1.82) is 0 Å². The Balaban J connectivity index is 0.000000206. The van der Waals surface area contributed by atoms with Crippen LogP contribution in [0.5, 0.6) is 23.0 Å². The predicted molar refractivity (Wildman–Crippen MR) is 354 cm³/mol. The number of benzene rings is 8. The number of quaternary nitrogens is 1. The van der Waals surface area contributed by atoms with Crippen molar-refractivity contribution in [3.63, 3.8) is 0 Å². The molecule has 1 heterocycles. The SMILES string of the molecule is O=C(O)c1ccc2ccccc2c1O.O=C(O)c1ccc2ccccc2c1[O-].OCc1cc(C(O)C[NH2+]CCCCCCOCCCCc2ccccc2)ccc1O.[CH2+]C1(C)OCc2cc(C(O)CNCCCCCCOCCCCc3ccccc3)ccc2O1. The monoisotopic (exact) mass is 1250 g/mol. The number of aromatic carboxylic acids is 2. The number of fused-ring (bicyclic) bond motifs is 3. The Morgan fingerprint density at radius 2 is 1.12 bits per heavy atom. The third-order valence-corrected chi connectivity index (χ3v) is 15.5. The van der Waals surface area contributed by atoms with E-state index in [1.54, 1.807) is 61.5 Å². The van der Waals surface area contributed by atoms with Crippen LogP contribution < -0.4 is 20.5 Å². The molecular weight excluding hydrogens is 1150 g/mol. The number of carboxylic acids is 2. The molecular formula is C75H93N2O14+. The first-order valence-corrected chi connectivity index (χ1v) is 31.9. The van der Waals surface area contributed by atoms with E-state index in [4.69, 9.17) is 29.2 Å². The third kappa shape index (κ3) is 25.6. The van der Waals surface area contributed by atoms with Crippen molar-refractivity contribution in [2.45, 2.75) is 128 Å². The number of phenols is 2. The summed E-state index contributed by atoms with van der Waals surface area (Å²) < 4.78 is 22.8. The summed E-state index contributed by atoms with van der Waals surface area (Å²) in [5, 5.41) is 86.3. The number of ether oxygens (including phenoxy) is 4. The summed E-state index contributed by atoms with van der Waals surface area (Å²) in [7, 11) is 0. The van der Waals surface area contributed by atoms with Gasteiger partial charge in [0.05, 0.1) is 31.4 Å². The molecule has 0 radical (unpaired) electrons. The highest BCUT2D eigenvalue weighted by atomic mass is 16.7. The molecule has 16 nitrogen and oxygen atoms in total. The normalized spacial score (nSPS) is 13.9. The van der Waals surface area contributed by atoms with Gasteiger partial charge in [0.25, 0.3) is 0 Å². The number of carbonyl (C=O) groups is 2. The maximum atomic E-state index is 11.6. The fraction of sp³-hybridized carbons (Fsp3) is 0.373. The largest absolute Gasteiger partial charge is 0.871 e. The van der Waals surface area contributed by atoms with E-state index in [0.29, 0.717) is 36.0 Å². The van der Waals surface area contributed by atoms with E-state index in [9.17, 15) is 40.2 Å². The molecule has 91 heavy (non-hydrogen) atoms. The summed E-state index contributed by atoms with van der Waals surface area (Å²) in [5.74, 6) is -2.89. The minimum atomic E-state index is -1.18. The number of aliphatic hydroxyl groups excluding tert-OH is 3. The average Bonchev–Trinajstić information content (AvgIpc) is 1.97. The van der Waals surface area contributed by atoms with Crippen molar-refractivity contribution in [2.24, 2.45) is 0 Å². The second-order valence-corrected chi connectivity index (χ2v) is 22.9. The van der Waals surface area contributed by atoms with Gasteiger partial charge >= 0.3 is 17.7 Å². The van der Waals surface area contributed by atoms with Crippen molar-refractivity contribution in [1.82, 2.24) is 5.32 Å². The highest BCUT2D eigenvalue weighted by molar-refractivity contribution is 6.01. The van der Waals surface area contributed by atoms with Gasteiger partial charge < -0.3 is 65.7 Å². The molecule has 0 saturated carbocycles. The fourth-order valence-electron chi connectivity index (χ4n) is 10.3. The fourth-order valence-corrected chi connectivity index (χ4v) is 10.3. The number of hydrogen-bond donors (Lipinski definition) is 9. The minimum absolute atomic E-state index is 0.0635. The molecule has 0 fully saturated rings. The summed E-state index contributed by atoms with van der Waals surface area (Å²) in [6.45, 7) is 12.3. The maximum absolute atomic E-state index is 11.6. The van der Waals surface area contributed by atoms with Gasteiger partial charge in [-0.05, 0) is 152 Å². The summed E-state index contributed by atoms with van der Waals surface area (Å²) in [6, 6.07) is 52.0. The number of hydrogen-bond acceptors (Lipinski definition) is 13. The van der Waals surface area contributed by atoms with Gasteiger partial charge in [0.2, 0.25) is 0 Å². The number of aliphatic hydroxyl groups is 3. The Labute approximate surface area is 536 Å². The predicted octanol–water partition coefficient (Wildman–Crippen LogP) is 12.3. The van der Waals surface area contributed by atoms with Crippen molar-refractivity contribution in [3.05, 3.63) is 221 Å². The van der Waals surface area contributed by atoms with Gasteiger partial charge in [-0.1, -0.05) is 158 Å². The van der Waals surface area contributed by atoms with Crippen LogP contribution in [0, 0.1) is 6.92 Å². The number of aromatic hydroxyl groups is 2. The van der Waals surface area contributed by atoms with Gasteiger partial charge in [0.1, 0.15) is 42.4 Å². The van der Waals surface area contributed by atoms with Crippen LogP contribution in [0.15, 0.2) is 170 Å². The van der Waals surface area contributed by atoms with Crippen LogP contribution in [0.2, 0.25) is 0 Å². The van der Waals surface area contributed by atoms with Crippen molar-refractivity contribution in [3.8, 4) is 23.0 Å². The molecule has 3 unspecified atom stereocenters. The van der Waals surface area contributed by atoms with E-state index < -0.39 is 35.7 Å². The molecule has 10 N–H and O–H groups in total. The summed E-state index contributed by atoms with van der Waals surface area (Å²) >= 11 is 0. The van der Waals surface area contributed by atoms with E-state index in [1.807, 2.05) is 36.4 Å². The minimum Gasteiger partial charge on any atom is -0.871 e.